The Morgan fingerprint density at radius 3 is 2.52 bits per heavy atom. The molecule has 1 nitrogen and oxygen atoms in total. The fraction of sp³-hybridized carbons (Fsp3) is 0.182. The molecule has 1 aliphatic rings. The first-order valence-electron chi connectivity index (χ1n) is 8.34. The highest BCUT2D eigenvalue weighted by molar-refractivity contribution is 6.01. The zero-order valence-electron chi connectivity index (χ0n) is 13.5. The van der Waals surface area contributed by atoms with Crippen LogP contribution in [0, 0.1) is 0 Å². The molecule has 0 unspecified atom stereocenters. The molecular weight excluding hydrogens is 278 g/mol. The number of allylic oxidation sites excluding steroid dienone is 3. The molecule has 1 heterocycles. The normalized spacial score (nSPS) is 17.1. The maximum absolute atomic E-state index is 4.20. The van der Waals surface area contributed by atoms with Crippen molar-refractivity contribution in [3.63, 3.8) is 0 Å². The number of rotatable bonds is 1. The van der Waals surface area contributed by atoms with Gasteiger partial charge < -0.3 is 5.32 Å². The molecule has 114 valence electrons. The van der Waals surface area contributed by atoms with Gasteiger partial charge in [-0.3, -0.25) is 0 Å². The van der Waals surface area contributed by atoms with Crippen molar-refractivity contribution in [2.75, 3.05) is 5.32 Å². The quantitative estimate of drug-likeness (QED) is 0.527. The molecule has 4 rings (SSSR count). The standard InChI is InChI=1S/C22H21N/c1-3-19-12-15(2)8-10-20-21-14-17-7-5-4-6-16(17)13-18(21)9-11-22(20)23-19/h4-7,9,11-14,23H,2-3,8,10H2,1H3/b19-12-. The minimum Gasteiger partial charge on any atom is -0.359 e. The minimum atomic E-state index is 0.994. The van der Waals surface area contributed by atoms with Crippen LogP contribution in [-0.2, 0) is 6.42 Å². The van der Waals surface area contributed by atoms with E-state index in [2.05, 4.69) is 73.4 Å². The smallest absolute Gasteiger partial charge is 0.0420 e. The maximum Gasteiger partial charge on any atom is 0.0420 e. The van der Waals surface area contributed by atoms with E-state index in [-0.39, 0.29) is 0 Å². The van der Waals surface area contributed by atoms with Gasteiger partial charge in [0, 0.05) is 11.4 Å². The summed E-state index contributed by atoms with van der Waals surface area (Å²) in [7, 11) is 0. The molecular formula is C22H21N. The first kappa shape index (κ1) is 14.1. The topological polar surface area (TPSA) is 12.0 Å². The Labute approximate surface area is 137 Å². The van der Waals surface area contributed by atoms with Crippen LogP contribution in [0.3, 0.4) is 0 Å². The van der Waals surface area contributed by atoms with Gasteiger partial charge in [-0.05, 0) is 70.6 Å². The van der Waals surface area contributed by atoms with Gasteiger partial charge in [0.05, 0.1) is 0 Å². The van der Waals surface area contributed by atoms with E-state index >= 15 is 0 Å². The average Bonchev–Trinajstić information content (AvgIpc) is 2.56. The van der Waals surface area contributed by atoms with Crippen LogP contribution in [0.1, 0.15) is 25.3 Å². The molecule has 23 heavy (non-hydrogen) atoms. The molecule has 0 spiro atoms. The van der Waals surface area contributed by atoms with Crippen LogP contribution in [0.5, 0.6) is 0 Å². The second-order valence-electron chi connectivity index (χ2n) is 6.32. The van der Waals surface area contributed by atoms with Crippen LogP contribution in [0.4, 0.5) is 5.69 Å². The second kappa shape index (κ2) is 5.58. The number of benzene rings is 3. The van der Waals surface area contributed by atoms with Gasteiger partial charge in [-0.15, -0.1) is 0 Å². The van der Waals surface area contributed by atoms with Crippen LogP contribution in [0.25, 0.3) is 21.5 Å². The highest BCUT2D eigenvalue weighted by Crippen LogP contribution is 2.33. The maximum atomic E-state index is 4.20. The van der Waals surface area contributed by atoms with Gasteiger partial charge in [-0.1, -0.05) is 49.4 Å². The molecule has 0 atom stereocenters. The third-order valence-corrected chi connectivity index (χ3v) is 4.75. The van der Waals surface area contributed by atoms with Crippen molar-refractivity contribution in [3.05, 3.63) is 78.0 Å². The Hall–Kier alpha value is -2.54. The molecule has 0 bridgehead atoms. The van der Waals surface area contributed by atoms with E-state index in [1.807, 2.05) is 0 Å². The summed E-state index contributed by atoms with van der Waals surface area (Å²) in [6, 6.07) is 17.7. The van der Waals surface area contributed by atoms with Crippen molar-refractivity contribution in [2.24, 2.45) is 0 Å². The molecule has 0 amide bonds. The van der Waals surface area contributed by atoms with E-state index < -0.39 is 0 Å². The summed E-state index contributed by atoms with van der Waals surface area (Å²) in [4.78, 5) is 0. The molecule has 0 radical (unpaired) electrons. The van der Waals surface area contributed by atoms with Crippen molar-refractivity contribution >= 4 is 27.2 Å². The van der Waals surface area contributed by atoms with Crippen LogP contribution >= 0.6 is 0 Å². The van der Waals surface area contributed by atoms with Crippen molar-refractivity contribution in [2.45, 2.75) is 26.2 Å². The lowest BCUT2D eigenvalue weighted by atomic mass is 9.93. The highest BCUT2D eigenvalue weighted by atomic mass is 14.9. The zero-order chi connectivity index (χ0) is 15.8. The van der Waals surface area contributed by atoms with Crippen molar-refractivity contribution in [1.29, 1.82) is 0 Å². The van der Waals surface area contributed by atoms with Gasteiger partial charge in [0.2, 0.25) is 0 Å². The molecule has 3 aromatic rings. The zero-order valence-corrected chi connectivity index (χ0v) is 13.5. The van der Waals surface area contributed by atoms with Gasteiger partial charge in [-0.25, -0.2) is 0 Å². The molecule has 0 fully saturated rings. The number of aryl methyl sites for hydroxylation is 1. The van der Waals surface area contributed by atoms with E-state index in [0.717, 1.165) is 19.3 Å². The van der Waals surface area contributed by atoms with Gasteiger partial charge in [-0.2, -0.15) is 0 Å². The minimum absolute atomic E-state index is 0.994. The molecule has 3 aromatic carbocycles. The van der Waals surface area contributed by atoms with Crippen molar-refractivity contribution in [1.82, 2.24) is 0 Å². The second-order valence-corrected chi connectivity index (χ2v) is 6.32. The number of hydrogen-bond acceptors (Lipinski definition) is 1. The number of nitrogens with one attached hydrogen (secondary N) is 1. The lowest BCUT2D eigenvalue weighted by Crippen LogP contribution is -2.06. The Balaban J connectivity index is 1.96. The first-order valence-corrected chi connectivity index (χ1v) is 8.34. The van der Waals surface area contributed by atoms with Gasteiger partial charge >= 0.3 is 0 Å². The van der Waals surface area contributed by atoms with Gasteiger partial charge in [0.15, 0.2) is 0 Å². The summed E-state index contributed by atoms with van der Waals surface area (Å²) in [6.07, 6.45) is 5.25. The van der Waals surface area contributed by atoms with E-state index in [1.165, 1.54) is 44.1 Å². The number of anilines is 1. The summed E-state index contributed by atoms with van der Waals surface area (Å²) in [5, 5.41) is 8.91. The lowest BCUT2D eigenvalue weighted by molar-refractivity contribution is 0.954. The third-order valence-electron chi connectivity index (χ3n) is 4.75. The largest absolute Gasteiger partial charge is 0.359 e. The fourth-order valence-electron chi connectivity index (χ4n) is 3.47. The summed E-state index contributed by atoms with van der Waals surface area (Å²) >= 11 is 0. The monoisotopic (exact) mass is 299 g/mol. The van der Waals surface area contributed by atoms with Gasteiger partial charge in [0.1, 0.15) is 0 Å². The molecule has 0 saturated heterocycles. The fourth-order valence-corrected chi connectivity index (χ4v) is 3.47. The first-order chi connectivity index (χ1) is 11.2. The SMILES string of the molecule is C=C1/C=C(/CC)Nc2ccc3cc4ccccc4cc3c2CC1. The lowest BCUT2D eigenvalue weighted by Gasteiger charge is -2.20. The molecule has 0 aliphatic carbocycles. The number of hydrogen-bond donors (Lipinski definition) is 1. The Morgan fingerprint density at radius 1 is 0.957 bits per heavy atom. The van der Waals surface area contributed by atoms with Crippen molar-refractivity contribution in [3.8, 4) is 0 Å². The summed E-state index contributed by atoms with van der Waals surface area (Å²) in [5.41, 5.74) is 5.11. The van der Waals surface area contributed by atoms with Crippen LogP contribution in [-0.4, -0.2) is 0 Å². The van der Waals surface area contributed by atoms with E-state index in [1.54, 1.807) is 0 Å². The molecule has 0 aromatic heterocycles. The third kappa shape index (κ3) is 2.53. The molecule has 1 N–H and O–H groups in total. The summed E-state index contributed by atoms with van der Waals surface area (Å²) < 4.78 is 0. The van der Waals surface area contributed by atoms with Crippen LogP contribution < -0.4 is 5.32 Å². The molecule has 1 heteroatoms. The van der Waals surface area contributed by atoms with E-state index in [4.69, 9.17) is 0 Å². The summed E-state index contributed by atoms with van der Waals surface area (Å²) in [5.74, 6) is 0. The van der Waals surface area contributed by atoms with Gasteiger partial charge in [0.25, 0.3) is 0 Å². The van der Waals surface area contributed by atoms with Crippen molar-refractivity contribution < 1.29 is 0 Å². The predicted octanol–water partition coefficient (Wildman–Crippen LogP) is 6.20. The Morgan fingerprint density at radius 2 is 1.74 bits per heavy atom. The Bertz CT molecular complexity index is 947. The highest BCUT2D eigenvalue weighted by Gasteiger charge is 2.12. The van der Waals surface area contributed by atoms with E-state index in [0.29, 0.717) is 0 Å². The van der Waals surface area contributed by atoms with Crippen LogP contribution in [0.15, 0.2) is 72.5 Å². The molecule has 0 saturated carbocycles. The van der Waals surface area contributed by atoms with E-state index in [9.17, 15) is 0 Å². The number of fused-ring (bicyclic) bond motifs is 4. The Kier molecular flexibility index (Phi) is 3.42. The molecule has 1 aliphatic heterocycles. The summed E-state index contributed by atoms with van der Waals surface area (Å²) in [6.45, 7) is 6.38. The van der Waals surface area contributed by atoms with Crippen LogP contribution in [0.2, 0.25) is 0 Å². The average molecular weight is 299 g/mol. The predicted molar refractivity (Wildman–Crippen MR) is 101 cm³/mol.